The van der Waals surface area contributed by atoms with Gasteiger partial charge >= 0.3 is 0 Å². The Kier molecular flexibility index (Phi) is 5.92. The van der Waals surface area contributed by atoms with E-state index in [4.69, 9.17) is 23.2 Å². The van der Waals surface area contributed by atoms with Crippen molar-refractivity contribution in [2.24, 2.45) is 5.10 Å². The van der Waals surface area contributed by atoms with E-state index in [-0.39, 0.29) is 10.9 Å². The minimum atomic E-state index is -0.388. The van der Waals surface area contributed by atoms with Crippen LogP contribution in [0.15, 0.2) is 47.6 Å². The van der Waals surface area contributed by atoms with Crippen LogP contribution in [0.3, 0.4) is 0 Å². The Labute approximate surface area is 174 Å². The van der Waals surface area contributed by atoms with Crippen LogP contribution in [0.4, 0.5) is 0 Å². The zero-order valence-electron chi connectivity index (χ0n) is 16.2. The van der Waals surface area contributed by atoms with Crippen LogP contribution in [-0.4, -0.2) is 16.7 Å². The van der Waals surface area contributed by atoms with E-state index in [1.165, 1.54) is 17.2 Å². The van der Waals surface area contributed by atoms with Gasteiger partial charge in [-0.1, -0.05) is 29.3 Å². The van der Waals surface area contributed by atoms with E-state index < -0.39 is 0 Å². The van der Waals surface area contributed by atoms with Gasteiger partial charge < -0.3 is 4.57 Å². The number of aromatic nitrogens is 1. The smallest absolute Gasteiger partial charge is 0.272 e. The number of hydrogen-bond donors (Lipinski definition) is 1. The van der Waals surface area contributed by atoms with Gasteiger partial charge in [0, 0.05) is 27.7 Å². The lowest BCUT2D eigenvalue weighted by molar-refractivity contribution is 0.0955. The molecule has 4 nitrogen and oxygen atoms in total. The van der Waals surface area contributed by atoms with Crippen molar-refractivity contribution < 1.29 is 4.79 Å². The highest BCUT2D eigenvalue weighted by molar-refractivity contribution is 6.36. The van der Waals surface area contributed by atoms with Gasteiger partial charge in [0.1, 0.15) is 0 Å². The molecule has 6 heteroatoms. The Morgan fingerprint density at radius 2 is 1.75 bits per heavy atom. The highest BCUT2D eigenvalue weighted by Gasteiger charge is 2.12. The van der Waals surface area contributed by atoms with Gasteiger partial charge in [-0.05, 0) is 75.2 Å². The van der Waals surface area contributed by atoms with Gasteiger partial charge in [0.2, 0.25) is 0 Å². The van der Waals surface area contributed by atoms with Crippen molar-refractivity contribution in [2.75, 3.05) is 0 Å². The van der Waals surface area contributed by atoms with Crippen LogP contribution >= 0.6 is 23.2 Å². The first-order valence-corrected chi connectivity index (χ1v) is 9.58. The largest absolute Gasteiger partial charge is 0.318 e. The fourth-order valence-corrected chi connectivity index (χ4v) is 3.57. The maximum atomic E-state index is 12.3. The summed E-state index contributed by atoms with van der Waals surface area (Å²) in [5.41, 5.74) is 9.51. The number of carbonyl (C=O) groups excluding carboxylic acids is 1. The number of nitrogens with zero attached hydrogens (tertiary/aromatic N) is 2. The molecule has 1 aromatic heterocycles. The molecule has 0 bridgehead atoms. The van der Waals surface area contributed by atoms with E-state index >= 15 is 0 Å². The molecular weight excluding hydrogens is 393 g/mol. The minimum absolute atomic E-state index is 0.285. The predicted octanol–water partition coefficient (Wildman–Crippen LogP) is 5.78. The molecule has 0 saturated heterocycles. The number of aryl methyl sites for hydroxylation is 3. The van der Waals surface area contributed by atoms with Gasteiger partial charge in [0.15, 0.2) is 0 Å². The Bertz CT molecular complexity index is 1080. The second-order valence-corrected chi connectivity index (χ2v) is 7.60. The van der Waals surface area contributed by atoms with E-state index in [1.807, 2.05) is 19.9 Å². The quantitative estimate of drug-likeness (QED) is 0.427. The maximum absolute atomic E-state index is 12.3. The fourth-order valence-electron chi connectivity index (χ4n) is 3.07. The van der Waals surface area contributed by atoms with E-state index in [0.29, 0.717) is 10.6 Å². The first-order chi connectivity index (χ1) is 13.3. The van der Waals surface area contributed by atoms with Gasteiger partial charge in [0.05, 0.1) is 16.8 Å². The summed E-state index contributed by atoms with van der Waals surface area (Å²) < 4.78 is 2.17. The molecule has 0 spiro atoms. The highest BCUT2D eigenvalue weighted by atomic mass is 35.5. The number of benzene rings is 2. The van der Waals surface area contributed by atoms with Crippen molar-refractivity contribution in [3.63, 3.8) is 0 Å². The number of halogens is 2. The Balaban J connectivity index is 1.81. The molecule has 1 amide bonds. The van der Waals surface area contributed by atoms with E-state index in [2.05, 4.69) is 47.1 Å². The van der Waals surface area contributed by atoms with Gasteiger partial charge in [0.25, 0.3) is 5.91 Å². The summed E-state index contributed by atoms with van der Waals surface area (Å²) in [7, 11) is 0. The van der Waals surface area contributed by atoms with Crippen LogP contribution in [0.1, 0.15) is 38.4 Å². The summed E-state index contributed by atoms with van der Waals surface area (Å²) in [6.07, 6.45) is 1.64. The van der Waals surface area contributed by atoms with Crippen molar-refractivity contribution in [3.05, 3.63) is 86.2 Å². The second-order valence-electron chi connectivity index (χ2n) is 6.75. The molecule has 3 aromatic rings. The van der Waals surface area contributed by atoms with Crippen molar-refractivity contribution in [1.82, 2.24) is 9.99 Å². The maximum Gasteiger partial charge on any atom is 0.272 e. The lowest BCUT2D eigenvalue weighted by atomic mass is 10.1. The molecule has 0 unspecified atom stereocenters. The molecule has 28 heavy (non-hydrogen) atoms. The summed E-state index contributed by atoms with van der Waals surface area (Å²) in [4.78, 5) is 12.3. The first kappa shape index (κ1) is 20.2. The molecule has 0 fully saturated rings. The molecule has 0 aliphatic carbocycles. The molecule has 0 saturated carbocycles. The summed E-state index contributed by atoms with van der Waals surface area (Å²) in [6, 6.07) is 13.1. The summed E-state index contributed by atoms with van der Waals surface area (Å²) in [6.45, 7) is 8.28. The van der Waals surface area contributed by atoms with Gasteiger partial charge in [-0.2, -0.15) is 5.10 Å². The lowest BCUT2D eigenvalue weighted by Crippen LogP contribution is -2.18. The van der Waals surface area contributed by atoms with E-state index in [9.17, 15) is 4.79 Å². The molecule has 0 aliphatic heterocycles. The summed E-state index contributed by atoms with van der Waals surface area (Å²) in [5, 5.41) is 4.85. The van der Waals surface area contributed by atoms with Crippen molar-refractivity contribution in [1.29, 1.82) is 0 Å². The average molecular weight is 414 g/mol. The van der Waals surface area contributed by atoms with Crippen LogP contribution in [-0.2, 0) is 0 Å². The van der Waals surface area contributed by atoms with Crippen molar-refractivity contribution >= 4 is 35.3 Å². The van der Waals surface area contributed by atoms with Gasteiger partial charge in [-0.25, -0.2) is 5.43 Å². The molecule has 0 radical (unpaired) electrons. The van der Waals surface area contributed by atoms with E-state index in [1.54, 1.807) is 18.3 Å². The zero-order valence-corrected chi connectivity index (χ0v) is 17.7. The highest BCUT2D eigenvalue weighted by Crippen LogP contribution is 2.22. The molecule has 0 aliphatic rings. The lowest BCUT2D eigenvalue weighted by Gasteiger charge is -2.11. The normalized spacial score (nSPS) is 11.2. The SMILES string of the molecule is Cc1ccc(-n2c(C)cc(/C=N\NC(=O)c3ccc(Cl)cc3Cl)c2C)cc1C. The number of hydrogen-bond acceptors (Lipinski definition) is 2. The van der Waals surface area contributed by atoms with Crippen LogP contribution in [0.25, 0.3) is 5.69 Å². The van der Waals surface area contributed by atoms with Gasteiger partial charge in [-0.15, -0.1) is 0 Å². The van der Waals surface area contributed by atoms with Crippen LogP contribution in [0, 0.1) is 27.7 Å². The van der Waals surface area contributed by atoms with Crippen molar-refractivity contribution in [2.45, 2.75) is 27.7 Å². The summed E-state index contributed by atoms with van der Waals surface area (Å²) in [5.74, 6) is -0.388. The third-order valence-electron chi connectivity index (χ3n) is 4.76. The Morgan fingerprint density at radius 1 is 1.00 bits per heavy atom. The number of hydrazone groups is 1. The minimum Gasteiger partial charge on any atom is -0.318 e. The molecule has 1 heterocycles. The fraction of sp³-hybridized carbons (Fsp3) is 0.182. The van der Waals surface area contributed by atoms with Crippen LogP contribution in [0.2, 0.25) is 10.0 Å². The molecule has 144 valence electrons. The molecule has 3 rings (SSSR count). The number of amides is 1. The first-order valence-electron chi connectivity index (χ1n) is 8.83. The summed E-state index contributed by atoms with van der Waals surface area (Å²) >= 11 is 11.9. The molecule has 1 N–H and O–H groups in total. The third kappa shape index (κ3) is 4.13. The molecule has 2 aromatic carbocycles. The third-order valence-corrected chi connectivity index (χ3v) is 5.31. The second kappa shape index (κ2) is 8.21. The molecule has 0 atom stereocenters. The standard InChI is InChI=1S/C22H21Cl2N3O/c1-13-5-7-19(9-14(13)2)27-15(3)10-17(16(27)4)12-25-26-22(28)20-8-6-18(23)11-21(20)24/h5-12H,1-4H3,(H,26,28)/b25-12-. The number of nitrogens with one attached hydrogen (secondary N) is 1. The van der Waals surface area contributed by atoms with Gasteiger partial charge in [-0.3, -0.25) is 4.79 Å². The monoisotopic (exact) mass is 413 g/mol. The zero-order chi connectivity index (χ0) is 20.4. The van der Waals surface area contributed by atoms with Crippen LogP contribution in [0.5, 0.6) is 0 Å². The number of carbonyl (C=O) groups is 1. The van der Waals surface area contributed by atoms with Crippen LogP contribution < -0.4 is 5.43 Å². The predicted molar refractivity (Wildman–Crippen MR) is 116 cm³/mol. The Morgan fingerprint density at radius 3 is 2.43 bits per heavy atom. The number of rotatable bonds is 4. The van der Waals surface area contributed by atoms with Crippen molar-refractivity contribution in [3.8, 4) is 5.69 Å². The van der Waals surface area contributed by atoms with E-state index in [0.717, 1.165) is 22.6 Å². The average Bonchev–Trinajstić information content (AvgIpc) is 2.91. The topological polar surface area (TPSA) is 46.4 Å². The Hall–Kier alpha value is -2.56. The molecular formula is C22H21Cl2N3O.